The molecule has 1 amide bonds. The molecule has 1 heterocycles. The second kappa shape index (κ2) is 5.49. The van der Waals surface area contributed by atoms with Crippen molar-refractivity contribution < 1.29 is 17.9 Å². The molecular weight excluding hydrogens is 232 g/mol. The van der Waals surface area contributed by atoms with Gasteiger partial charge in [-0.25, -0.2) is 13.2 Å². The molecule has 0 aromatic carbocycles. The first kappa shape index (κ1) is 13.2. The molecule has 1 fully saturated rings. The maximum atomic E-state index is 11.5. The lowest BCUT2D eigenvalue weighted by Gasteiger charge is -2.32. The van der Waals surface area contributed by atoms with Gasteiger partial charge in [0, 0.05) is 26.2 Å². The van der Waals surface area contributed by atoms with Gasteiger partial charge in [0.2, 0.25) is 10.0 Å². The average molecular weight is 250 g/mol. The SMILES string of the molecule is CCOC(=O)N1CCN(S(=O)(=O)CC)CC1. The van der Waals surface area contributed by atoms with Crippen molar-refractivity contribution in [2.45, 2.75) is 13.8 Å². The van der Waals surface area contributed by atoms with E-state index in [1.807, 2.05) is 0 Å². The van der Waals surface area contributed by atoms with Crippen LogP contribution in [0.4, 0.5) is 4.79 Å². The molecule has 0 N–H and O–H groups in total. The second-order valence-corrected chi connectivity index (χ2v) is 5.74. The molecule has 1 rings (SSSR count). The number of rotatable bonds is 3. The van der Waals surface area contributed by atoms with E-state index in [1.54, 1.807) is 13.8 Å². The highest BCUT2D eigenvalue weighted by molar-refractivity contribution is 7.89. The minimum absolute atomic E-state index is 0.104. The Morgan fingerprint density at radius 3 is 2.19 bits per heavy atom. The first-order valence-electron chi connectivity index (χ1n) is 5.40. The third-order valence-corrected chi connectivity index (χ3v) is 4.40. The molecule has 0 aliphatic carbocycles. The van der Waals surface area contributed by atoms with Gasteiger partial charge in [0.1, 0.15) is 0 Å². The number of carbonyl (C=O) groups excluding carboxylic acids is 1. The molecule has 1 aliphatic heterocycles. The normalized spacial score (nSPS) is 18.5. The second-order valence-electron chi connectivity index (χ2n) is 3.49. The Morgan fingerprint density at radius 2 is 1.75 bits per heavy atom. The zero-order chi connectivity index (χ0) is 12.2. The predicted molar refractivity (Wildman–Crippen MR) is 59.6 cm³/mol. The van der Waals surface area contributed by atoms with Crippen molar-refractivity contribution in [3.8, 4) is 0 Å². The summed E-state index contributed by atoms with van der Waals surface area (Å²) in [6.45, 7) is 5.22. The molecule has 6 nitrogen and oxygen atoms in total. The summed E-state index contributed by atoms with van der Waals surface area (Å²) >= 11 is 0. The van der Waals surface area contributed by atoms with E-state index in [9.17, 15) is 13.2 Å². The van der Waals surface area contributed by atoms with E-state index in [4.69, 9.17) is 4.74 Å². The molecule has 1 aliphatic rings. The molecule has 0 aromatic rings. The van der Waals surface area contributed by atoms with Crippen molar-refractivity contribution >= 4 is 16.1 Å². The molecule has 7 heteroatoms. The highest BCUT2D eigenvalue weighted by Crippen LogP contribution is 2.08. The lowest BCUT2D eigenvalue weighted by Crippen LogP contribution is -2.51. The molecule has 0 saturated carbocycles. The maximum absolute atomic E-state index is 11.5. The van der Waals surface area contributed by atoms with Crippen LogP contribution in [0.5, 0.6) is 0 Å². The number of nitrogens with zero attached hydrogens (tertiary/aromatic N) is 2. The van der Waals surface area contributed by atoms with Crippen molar-refractivity contribution in [1.29, 1.82) is 0 Å². The minimum Gasteiger partial charge on any atom is -0.450 e. The van der Waals surface area contributed by atoms with E-state index in [0.717, 1.165) is 0 Å². The Balaban J connectivity index is 2.49. The van der Waals surface area contributed by atoms with Crippen LogP contribution in [-0.4, -0.2) is 62.3 Å². The molecule has 94 valence electrons. The van der Waals surface area contributed by atoms with E-state index in [2.05, 4.69) is 0 Å². The van der Waals surface area contributed by atoms with Crippen LogP contribution in [0.3, 0.4) is 0 Å². The van der Waals surface area contributed by atoms with Gasteiger partial charge in [0.15, 0.2) is 0 Å². The molecule has 0 unspecified atom stereocenters. The van der Waals surface area contributed by atoms with E-state index >= 15 is 0 Å². The smallest absolute Gasteiger partial charge is 0.409 e. The Morgan fingerprint density at radius 1 is 1.19 bits per heavy atom. The van der Waals surface area contributed by atoms with Gasteiger partial charge >= 0.3 is 6.09 Å². The van der Waals surface area contributed by atoms with Gasteiger partial charge in [-0.05, 0) is 13.8 Å². The van der Waals surface area contributed by atoms with Crippen LogP contribution in [0.2, 0.25) is 0 Å². The molecule has 0 spiro atoms. The van der Waals surface area contributed by atoms with Crippen molar-refractivity contribution in [1.82, 2.24) is 9.21 Å². The van der Waals surface area contributed by atoms with Gasteiger partial charge in [-0.3, -0.25) is 0 Å². The average Bonchev–Trinajstić information content (AvgIpc) is 2.29. The summed E-state index contributed by atoms with van der Waals surface area (Å²) in [4.78, 5) is 12.9. The zero-order valence-electron chi connectivity index (χ0n) is 9.68. The first-order valence-corrected chi connectivity index (χ1v) is 7.01. The van der Waals surface area contributed by atoms with Crippen molar-refractivity contribution in [3.63, 3.8) is 0 Å². The number of amides is 1. The number of piperazine rings is 1. The third kappa shape index (κ3) is 3.08. The standard InChI is InChI=1S/C9H18N2O4S/c1-3-15-9(12)10-5-7-11(8-6-10)16(13,14)4-2/h3-8H2,1-2H3. The Bertz CT molecular complexity index is 333. The summed E-state index contributed by atoms with van der Waals surface area (Å²) in [5.74, 6) is 0.104. The summed E-state index contributed by atoms with van der Waals surface area (Å²) in [5, 5.41) is 0. The monoisotopic (exact) mass is 250 g/mol. The van der Waals surface area contributed by atoms with Gasteiger partial charge in [0.05, 0.1) is 12.4 Å². The molecule has 1 saturated heterocycles. The van der Waals surface area contributed by atoms with Crippen molar-refractivity contribution in [2.75, 3.05) is 38.5 Å². The van der Waals surface area contributed by atoms with Crippen LogP contribution in [0.15, 0.2) is 0 Å². The quantitative estimate of drug-likeness (QED) is 0.713. The zero-order valence-corrected chi connectivity index (χ0v) is 10.5. The number of ether oxygens (including phenoxy) is 1. The third-order valence-electron chi connectivity index (χ3n) is 2.52. The highest BCUT2D eigenvalue weighted by Gasteiger charge is 2.27. The molecule has 16 heavy (non-hydrogen) atoms. The highest BCUT2D eigenvalue weighted by atomic mass is 32.2. The molecule has 0 bridgehead atoms. The van der Waals surface area contributed by atoms with Crippen LogP contribution in [-0.2, 0) is 14.8 Å². The summed E-state index contributed by atoms with van der Waals surface area (Å²) in [5.41, 5.74) is 0. The van der Waals surface area contributed by atoms with E-state index in [0.29, 0.717) is 32.8 Å². The van der Waals surface area contributed by atoms with Gasteiger partial charge < -0.3 is 9.64 Å². The van der Waals surface area contributed by atoms with E-state index in [1.165, 1.54) is 9.21 Å². The van der Waals surface area contributed by atoms with E-state index in [-0.39, 0.29) is 11.8 Å². The predicted octanol–water partition coefficient (Wildman–Crippen LogP) is 0.110. The topological polar surface area (TPSA) is 66.9 Å². The molecule has 0 radical (unpaired) electrons. The summed E-state index contributed by atoms with van der Waals surface area (Å²) < 4.78 is 29.4. The Kier molecular flexibility index (Phi) is 4.55. The van der Waals surface area contributed by atoms with Crippen LogP contribution in [0.1, 0.15) is 13.8 Å². The minimum atomic E-state index is -3.13. The van der Waals surface area contributed by atoms with Gasteiger partial charge in [-0.2, -0.15) is 4.31 Å². The van der Waals surface area contributed by atoms with Gasteiger partial charge in [-0.1, -0.05) is 0 Å². The number of hydrogen-bond donors (Lipinski definition) is 0. The van der Waals surface area contributed by atoms with Gasteiger partial charge in [-0.15, -0.1) is 0 Å². The maximum Gasteiger partial charge on any atom is 0.409 e. The van der Waals surface area contributed by atoms with Crippen LogP contribution in [0, 0.1) is 0 Å². The molecular formula is C9H18N2O4S. The van der Waals surface area contributed by atoms with Crippen molar-refractivity contribution in [3.05, 3.63) is 0 Å². The van der Waals surface area contributed by atoms with E-state index < -0.39 is 10.0 Å². The van der Waals surface area contributed by atoms with Gasteiger partial charge in [0.25, 0.3) is 0 Å². The van der Waals surface area contributed by atoms with Crippen LogP contribution < -0.4 is 0 Å². The first-order chi connectivity index (χ1) is 7.51. The number of sulfonamides is 1. The fraction of sp³-hybridized carbons (Fsp3) is 0.889. The number of carbonyl (C=O) groups is 1. The lowest BCUT2D eigenvalue weighted by molar-refractivity contribution is 0.0934. The number of hydrogen-bond acceptors (Lipinski definition) is 4. The van der Waals surface area contributed by atoms with Crippen LogP contribution >= 0.6 is 0 Å². The fourth-order valence-electron chi connectivity index (χ4n) is 1.55. The lowest BCUT2D eigenvalue weighted by atomic mass is 10.4. The Hall–Kier alpha value is -0.820. The van der Waals surface area contributed by atoms with Crippen LogP contribution in [0.25, 0.3) is 0 Å². The fourth-order valence-corrected chi connectivity index (χ4v) is 2.63. The van der Waals surface area contributed by atoms with Crippen molar-refractivity contribution in [2.24, 2.45) is 0 Å². The Labute approximate surface area is 96.2 Å². The summed E-state index contributed by atoms with van der Waals surface area (Å²) in [6.07, 6.45) is -0.365. The molecule has 0 aromatic heterocycles. The largest absolute Gasteiger partial charge is 0.450 e. The summed E-state index contributed by atoms with van der Waals surface area (Å²) in [6, 6.07) is 0. The summed E-state index contributed by atoms with van der Waals surface area (Å²) in [7, 11) is -3.13. The molecule has 0 atom stereocenters.